The third-order valence-corrected chi connectivity index (χ3v) is 10.3. The molecule has 3 heterocycles. The molecule has 1 saturated heterocycles. The lowest BCUT2D eigenvalue weighted by Gasteiger charge is -2.31. The second-order valence-electron chi connectivity index (χ2n) is 10.9. The van der Waals surface area contributed by atoms with E-state index < -0.39 is 16.1 Å². The van der Waals surface area contributed by atoms with Crippen LogP contribution in [0.25, 0.3) is 11.0 Å². The number of para-hydroxylation sites is 1. The van der Waals surface area contributed by atoms with E-state index in [1.807, 2.05) is 41.8 Å². The number of nitrogens with one attached hydrogen (secondary N) is 2. The first-order valence-corrected chi connectivity index (χ1v) is 16.9. The molecule has 0 spiro atoms. The highest BCUT2D eigenvalue weighted by Crippen LogP contribution is 2.33. The Bertz CT molecular complexity index is 1660. The Balaban J connectivity index is 1.33. The topological polar surface area (TPSA) is 136 Å². The number of ether oxygens (including phenoxy) is 1. The van der Waals surface area contributed by atoms with Gasteiger partial charge in [-0.3, -0.25) is 14.5 Å². The monoisotopic (exact) mass is 622 g/mol. The Labute approximate surface area is 254 Å². The largest absolute Gasteiger partial charge is 0.377 e. The molecule has 2 amide bonds. The molecule has 2 atom stereocenters. The summed E-state index contributed by atoms with van der Waals surface area (Å²) in [7, 11) is -3.80. The minimum Gasteiger partial charge on any atom is -0.377 e. The van der Waals surface area contributed by atoms with Crippen LogP contribution in [0.4, 0.5) is 5.69 Å². The number of fused-ring (bicyclic) bond motifs is 1. The molecular weight excluding hydrogens is 589 g/mol. The molecule has 4 aromatic rings. The summed E-state index contributed by atoms with van der Waals surface area (Å²) in [4.78, 5) is 30.3. The fourth-order valence-corrected chi connectivity index (χ4v) is 7.60. The fourth-order valence-electron chi connectivity index (χ4n) is 5.72. The van der Waals surface area contributed by atoms with Crippen molar-refractivity contribution in [3.63, 3.8) is 0 Å². The Hall–Kier alpha value is -3.65. The highest BCUT2D eigenvalue weighted by atomic mass is 32.2. The van der Waals surface area contributed by atoms with Crippen LogP contribution in [0.1, 0.15) is 49.4 Å². The molecule has 2 aromatic carbocycles. The second-order valence-corrected chi connectivity index (χ2v) is 13.6. The maximum Gasteiger partial charge on any atom is 0.249 e. The standard InChI is InChI=1S/C30H34N6O5S2/c37-28(20-35-26-11-4-3-10-25(26)33-34-35)36(29(27-12-6-18-42-27)30(38)32-21-7-1-2-8-21)22-13-15-24(16-14-22)43(39,40)31-19-23-9-5-17-41-23/h3-4,6,10-16,18,21,23,29,31H,1-2,5,7-9,17,19-20H2,(H,32,38)/t23-,29+/m0/s1. The van der Waals surface area contributed by atoms with Crippen molar-refractivity contribution in [3.05, 3.63) is 70.9 Å². The van der Waals surface area contributed by atoms with E-state index in [2.05, 4.69) is 20.4 Å². The molecule has 2 fully saturated rings. The van der Waals surface area contributed by atoms with Gasteiger partial charge in [0, 0.05) is 29.8 Å². The quantitative estimate of drug-likeness (QED) is 0.260. The molecule has 2 N–H and O–H groups in total. The summed E-state index contributed by atoms with van der Waals surface area (Å²) in [5, 5.41) is 13.4. The van der Waals surface area contributed by atoms with Crippen LogP contribution in [-0.2, 0) is 30.9 Å². The van der Waals surface area contributed by atoms with Crippen molar-refractivity contribution >= 4 is 49.9 Å². The van der Waals surface area contributed by atoms with E-state index >= 15 is 0 Å². The third kappa shape index (κ3) is 6.64. The van der Waals surface area contributed by atoms with E-state index in [9.17, 15) is 18.0 Å². The molecule has 11 nitrogen and oxygen atoms in total. The average molecular weight is 623 g/mol. The van der Waals surface area contributed by atoms with Gasteiger partial charge in [0.15, 0.2) is 0 Å². The van der Waals surface area contributed by atoms with Crippen molar-refractivity contribution in [1.82, 2.24) is 25.0 Å². The Morgan fingerprint density at radius 2 is 1.81 bits per heavy atom. The van der Waals surface area contributed by atoms with E-state index in [0.717, 1.165) is 38.5 Å². The zero-order valence-corrected chi connectivity index (χ0v) is 25.2. The maximum absolute atomic E-state index is 14.2. The summed E-state index contributed by atoms with van der Waals surface area (Å²) in [5.74, 6) is -0.663. The van der Waals surface area contributed by atoms with E-state index in [-0.39, 0.29) is 41.9 Å². The van der Waals surface area contributed by atoms with Crippen molar-refractivity contribution in [2.24, 2.45) is 0 Å². The van der Waals surface area contributed by atoms with Crippen LogP contribution in [0.2, 0.25) is 0 Å². The van der Waals surface area contributed by atoms with Crippen LogP contribution in [0.3, 0.4) is 0 Å². The summed E-state index contributed by atoms with van der Waals surface area (Å²) in [6.45, 7) is 0.666. The van der Waals surface area contributed by atoms with Crippen molar-refractivity contribution in [3.8, 4) is 0 Å². The number of aromatic nitrogens is 3. The van der Waals surface area contributed by atoms with Crippen molar-refractivity contribution < 1.29 is 22.7 Å². The van der Waals surface area contributed by atoms with Crippen LogP contribution < -0.4 is 14.9 Å². The van der Waals surface area contributed by atoms with Gasteiger partial charge in [-0.25, -0.2) is 17.8 Å². The number of thiophene rings is 1. The first-order chi connectivity index (χ1) is 20.9. The third-order valence-electron chi connectivity index (χ3n) is 7.94. The zero-order chi connectivity index (χ0) is 29.8. The molecule has 2 aliphatic rings. The molecule has 1 aliphatic heterocycles. The normalized spacial score (nSPS) is 18.2. The smallest absolute Gasteiger partial charge is 0.249 e. The molecule has 1 saturated carbocycles. The zero-order valence-electron chi connectivity index (χ0n) is 23.6. The van der Waals surface area contributed by atoms with Gasteiger partial charge >= 0.3 is 0 Å². The van der Waals surface area contributed by atoms with Crippen LogP contribution in [0.15, 0.2) is 70.9 Å². The minimum absolute atomic E-state index is 0.0496. The highest BCUT2D eigenvalue weighted by Gasteiger charge is 2.35. The van der Waals surface area contributed by atoms with E-state index in [0.29, 0.717) is 28.2 Å². The van der Waals surface area contributed by atoms with Crippen LogP contribution in [0.5, 0.6) is 0 Å². The first kappa shape index (κ1) is 29.4. The Morgan fingerprint density at radius 3 is 2.53 bits per heavy atom. The van der Waals surface area contributed by atoms with Gasteiger partial charge in [0.25, 0.3) is 0 Å². The second kappa shape index (κ2) is 12.9. The van der Waals surface area contributed by atoms with Gasteiger partial charge in [0.2, 0.25) is 21.8 Å². The summed E-state index contributed by atoms with van der Waals surface area (Å²) in [5.41, 5.74) is 1.74. The Kier molecular flexibility index (Phi) is 8.84. The number of carbonyl (C=O) groups excluding carboxylic acids is 2. The van der Waals surface area contributed by atoms with Crippen molar-refractivity contribution in [2.45, 2.75) is 68.2 Å². The molecule has 226 valence electrons. The average Bonchev–Trinajstić information content (AvgIpc) is 3.84. The van der Waals surface area contributed by atoms with E-state index in [1.165, 1.54) is 33.1 Å². The summed E-state index contributed by atoms with van der Waals surface area (Å²) < 4.78 is 35.7. The molecule has 2 aromatic heterocycles. The number of anilines is 1. The lowest BCUT2D eigenvalue weighted by molar-refractivity contribution is -0.127. The number of rotatable bonds is 11. The van der Waals surface area contributed by atoms with Crippen LogP contribution >= 0.6 is 11.3 Å². The molecule has 0 bridgehead atoms. The van der Waals surface area contributed by atoms with Gasteiger partial charge in [-0.2, -0.15) is 0 Å². The lowest BCUT2D eigenvalue weighted by Crippen LogP contribution is -2.47. The molecular formula is C30H34N6O5S2. The minimum atomic E-state index is -3.80. The number of carbonyl (C=O) groups is 2. The number of amides is 2. The Morgan fingerprint density at radius 1 is 1.02 bits per heavy atom. The van der Waals surface area contributed by atoms with Crippen LogP contribution in [0, 0.1) is 0 Å². The molecule has 0 unspecified atom stereocenters. The summed E-state index contributed by atoms with van der Waals surface area (Å²) >= 11 is 1.39. The van der Waals surface area contributed by atoms with E-state index in [1.54, 1.807) is 12.1 Å². The molecule has 13 heteroatoms. The predicted molar refractivity (Wildman–Crippen MR) is 163 cm³/mol. The molecule has 43 heavy (non-hydrogen) atoms. The maximum atomic E-state index is 14.2. The number of nitrogens with zero attached hydrogens (tertiary/aromatic N) is 4. The van der Waals surface area contributed by atoms with Gasteiger partial charge in [0.1, 0.15) is 18.1 Å². The molecule has 1 aliphatic carbocycles. The lowest BCUT2D eigenvalue weighted by atomic mass is 10.1. The van der Waals surface area contributed by atoms with Gasteiger partial charge in [-0.15, -0.1) is 16.4 Å². The number of hydrogen-bond acceptors (Lipinski definition) is 8. The van der Waals surface area contributed by atoms with Gasteiger partial charge in [-0.05, 0) is 73.5 Å². The van der Waals surface area contributed by atoms with Gasteiger partial charge in [-0.1, -0.05) is 36.3 Å². The van der Waals surface area contributed by atoms with Gasteiger partial charge < -0.3 is 10.1 Å². The predicted octanol–water partition coefficient (Wildman–Crippen LogP) is 3.78. The molecule has 6 rings (SSSR count). The number of sulfonamides is 1. The SMILES string of the molecule is O=C(NC1CCCC1)[C@@H](c1cccs1)N(C(=O)Cn1nnc2ccccc21)c1ccc(S(=O)(=O)NC[C@@H]2CCCO2)cc1. The van der Waals surface area contributed by atoms with Gasteiger partial charge in [0.05, 0.1) is 16.5 Å². The summed E-state index contributed by atoms with van der Waals surface area (Å²) in [6, 6.07) is 16.2. The van der Waals surface area contributed by atoms with Crippen molar-refractivity contribution in [2.75, 3.05) is 18.1 Å². The van der Waals surface area contributed by atoms with Crippen molar-refractivity contribution in [1.29, 1.82) is 0 Å². The summed E-state index contributed by atoms with van der Waals surface area (Å²) in [6.07, 6.45) is 5.48. The molecule has 0 radical (unpaired) electrons. The number of hydrogen-bond donors (Lipinski definition) is 2. The first-order valence-electron chi connectivity index (χ1n) is 14.5. The highest BCUT2D eigenvalue weighted by molar-refractivity contribution is 7.89. The number of benzene rings is 2. The van der Waals surface area contributed by atoms with Crippen LogP contribution in [-0.4, -0.2) is 60.5 Å². The van der Waals surface area contributed by atoms with E-state index in [4.69, 9.17) is 4.74 Å². The fraction of sp³-hybridized carbons (Fsp3) is 0.400.